The van der Waals surface area contributed by atoms with Crippen LogP contribution in [0.2, 0.25) is 0 Å². The lowest BCUT2D eigenvalue weighted by Crippen LogP contribution is -2.68. The Kier molecular flexibility index (Phi) is 18.3. The third kappa shape index (κ3) is 10.8. The molecule has 73 heavy (non-hydrogen) atoms. The van der Waals surface area contributed by atoms with Crippen molar-refractivity contribution >= 4 is 17.9 Å². The van der Waals surface area contributed by atoms with Crippen LogP contribution in [0.15, 0.2) is 60.3 Å². The first-order valence-corrected chi connectivity index (χ1v) is 26.5. The van der Waals surface area contributed by atoms with Crippen LogP contribution >= 0.6 is 0 Å². The van der Waals surface area contributed by atoms with Crippen molar-refractivity contribution in [1.29, 1.82) is 0 Å². The van der Waals surface area contributed by atoms with Crippen LogP contribution in [0, 0.1) is 50.2 Å². The lowest BCUT2D eigenvalue weighted by Gasteiger charge is -2.72. The molecule has 0 bridgehead atoms. The van der Waals surface area contributed by atoms with Gasteiger partial charge in [-0.15, -0.1) is 13.2 Å². The Morgan fingerprint density at radius 2 is 1.51 bits per heavy atom. The summed E-state index contributed by atoms with van der Waals surface area (Å²) in [6, 6.07) is 0. The molecule has 414 valence electrons. The first-order valence-electron chi connectivity index (χ1n) is 26.5. The van der Waals surface area contributed by atoms with E-state index in [0.29, 0.717) is 37.5 Å². The van der Waals surface area contributed by atoms with Gasteiger partial charge in [-0.2, -0.15) is 0 Å². The van der Waals surface area contributed by atoms with E-state index in [-0.39, 0.29) is 66.1 Å². The minimum Gasteiger partial charge on any atom is -0.468 e. The Bertz CT molecular complexity index is 2140. The molecule has 0 spiro atoms. The summed E-state index contributed by atoms with van der Waals surface area (Å²) in [6.07, 6.45) is 7.35. The lowest BCUT2D eigenvalue weighted by molar-refractivity contribution is -0.314. The van der Waals surface area contributed by atoms with E-state index >= 15 is 0 Å². The summed E-state index contributed by atoms with van der Waals surface area (Å²) in [7, 11) is 3.20. The zero-order valence-corrected chi connectivity index (χ0v) is 45.8. The first-order chi connectivity index (χ1) is 33.4. The number of hydrogen-bond donors (Lipinski definition) is 5. The van der Waals surface area contributed by atoms with Crippen LogP contribution in [0.3, 0.4) is 0 Å². The van der Waals surface area contributed by atoms with E-state index in [0.717, 1.165) is 32.1 Å². The second-order valence-electron chi connectivity index (χ2n) is 25.1. The third-order valence-corrected chi connectivity index (χ3v) is 20.0. The van der Waals surface area contributed by atoms with E-state index in [1.165, 1.54) is 24.8 Å². The van der Waals surface area contributed by atoms with Crippen LogP contribution in [-0.4, -0.2) is 124 Å². The molecule has 14 nitrogen and oxygen atoms in total. The fraction of sp³-hybridized carbons (Fsp3) is 0.780. The van der Waals surface area contributed by atoms with E-state index in [2.05, 4.69) is 53.9 Å². The van der Waals surface area contributed by atoms with Crippen LogP contribution in [0.5, 0.6) is 0 Å². The molecule has 5 fully saturated rings. The van der Waals surface area contributed by atoms with Crippen molar-refractivity contribution in [2.24, 2.45) is 50.2 Å². The monoisotopic (exact) mass is 1030 g/mol. The number of aliphatic hydroxyl groups excluding tert-OH is 4. The number of esters is 3. The molecular weight excluding hydrogens is 933 g/mol. The smallest absolute Gasteiger partial charge is 0.336 e. The fourth-order valence-electron chi connectivity index (χ4n) is 15.1. The Labute approximate surface area is 437 Å². The van der Waals surface area contributed by atoms with Crippen molar-refractivity contribution < 1.29 is 68.3 Å². The maximum atomic E-state index is 14.4. The molecule has 0 aromatic rings. The van der Waals surface area contributed by atoms with Gasteiger partial charge in [0.25, 0.3) is 0 Å². The lowest BCUT2D eigenvalue weighted by atomic mass is 9.33. The normalized spacial score (nSPS) is 40.5. The van der Waals surface area contributed by atoms with Gasteiger partial charge in [-0.1, -0.05) is 91.8 Å². The molecule has 6 aliphatic rings. The Morgan fingerprint density at radius 1 is 0.849 bits per heavy atom. The molecule has 14 heteroatoms. The van der Waals surface area contributed by atoms with E-state index in [4.69, 9.17) is 28.4 Å². The predicted molar refractivity (Wildman–Crippen MR) is 279 cm³/mol. The fourth-order valence-corrected chi connectivity index (χ4v) is 15.1. The highest BCUT2D eigenvalue weighted by atomic mass is 16.7. The molecule has 1 saturated heterocycles. The van der Waals surface area contributed by atoms with Gasteiger partial charge in [-0.05, 0) is 138 Å². The van der Waals surface area contributed by atoms with Crippen LogP contribution in [0.1, 0.15) is 161 Å². The third-order valence-electron chi connectivity index (χ3n) is 20.0. The molecule has 4 saturated carbocycles. The number of fused-ring (bicyclic) bond motifs is 7. The van der Waals surface area contributed by atoms with Gasteiger partial charge in [-0.25, -0.2) is 9.59 Å². The van der Waals surface area contributed by atoms with Gasteiger partial charge in [0.05, 0.1) is 48.8 Å². The molecule has 0 aromatic heterocycles. The van der Waals surface area contributed by atoms with Gasteiger partial charge in [-0.3, -0.25) is 4.79 Å². The molecule has 0 amide bonds. The van der Waals surface area contributed by atoms with Crippen LogP contribution in [0.4, 0.5) is 0 Å². The zero-order valence-electron chi connectivity index (χ0n) is 45.8. The molecule has 1 aliphatic heterocycles. The van der Waals surface area contributed by atoms with Gasteiger partial charge in [0.15, 0.2) is 12.4 Å². The summed E-state index contributed by atoms with van der Waals surface area (Å²) >= 11 is 0. The maximum absolute atomic E-state index is 14.4. The Morgan fingerprint density at radius 3 is 2.11 bits per heavy atom. The quantitative estimate of drug-likeness (QED) is 0.0400. The Hall–Kier alpha value is -3.21. The summed E-state index contributed by atoms with van der Waals surface area (Å²) in [5, 5.41) is 55.7. The number of ether oxygens (including phenoxy) is 6. The average Bonchev–Trinajstić information content (AvgIpc) is 3.31. The summed E-state index contributed by atoms with van der Waals surface area (Å²) in [4.78, 5) is 41.4. The van der Waals surface area contributed by atoms with Gasteiger partial charge in [0, 0.05) is 24.5 Å². The zero-order chi connectivity index (χ0) is 53.8. The number of carbonyl (C=O) groups is 3. The highest BCUT2D eigenvalue weighted by molar-refractivity contribution is 5.89. The highest BCUT2D eigenvalue weighted by Gasteiger charge is 2.72. The van der Waals surface area contributed by atoms with Crippen molar-refractivity contribution in [2.75, 3.05) is 20.8 Å². The Balaban J connectivity index is 0.00000988. The van der Waals surface area contributed by atoms with Crippen LogP contribution in [-0.2, 0) is 42.8 Å². The number of methoxy groups -OCH3 is 2. The SMILES string of the molecule is C.C=CC(C)(O)CC/C=C(\C)C(=O)OC1C(C)OC(O[C@](C)(C=C)CC/C=C(\CO)C(=O)OC2CC3(C(=O)OC)C(O)CC4(C)C(=CCC5C6(C)CCC(OC)C(C)(C)C6CCC54C)C3CC2(C)C)C(O)C1O. The van der Waals surface area contributed by atoms with E-state index in [1.807, 2.05) is 21.0 Å². The molecule has 1 heterocycles. The summed E-state index contributed by atoms with van der Waals surface area (Å²) < 4.78 is 35.7. The summed E-state index contributed by atoms with van der Waals surface area (Å²) in [5.74, 6) is -1.44. The molecule has 17 atom stereocenters. The van der Waals surface area contributed by atoms with Crippen molar-refractivity contribution in [3.63, 3.8) is 0 Å². The van der Waals surface area contributed by atoms with Gasteiger partial charge in [0.1, 0.15) is 23.7 Å². The summed E-state index contributed by atoms with van der Waals surface area (Å²) in [6.45, 7) is 29.5. The first kappa shape index (κ1) is 60.7. The second-order valence-corrected chi connectivity index (χ2v) is 25.1. The van der Waals surface area contributed by atoms with Gasteiger partial charge >= 0.3 is 17.9 Å². The number of rotatable bonds is 17. The number of carbonyl (C=O) groups excluding carboxylic acids is 3. The van der Waals surface area contributed by atoms with Gasteiger partial charge in [0.2, 0.25) is 0 Å². The van der Waals surface area contributed by atoms with Crippen LogP contribution < -0.4 is 0 Å². The van der Waals surface area contributed by atoms with Crippen molar-refractivity contribution in [2.45, 2.75) is 221 Å². The minimum atomic E-state index is -1.61. The number of allylic oxidation sites excluding steroid dienone is 4. The highest BCUT2D eigenvalue weighted by Crippen LogP contribution is 2.76. The standard InChI is InChI=1S/C58H90O14.CH4/c1-16-53(9,66)26-18-20-34(3)47(63)71-46-35(4)69-49(45(62)44(46)61)72-54(10,17-2)27-19-21-36(33-59)48(64)70-43-32-58(50(65)68-15)38(30-51(43,5)6)37-22-23-40-55(11)28-25-42(67-14)52(7,8)39(55)24-29-56(40,12)57(37,13)31-41(58)60;/h16-17,20-22,35,38-46,49,59-62,66H,1-2,18-19,23-33H2,3-15H3;1H4/b34-20+,36-21+;/t35?,38?,39?,40?,41?,42?,43?,44?,45?,46?,49?,53?,54-,55?,56?,57?,58?;/m1./s1. The molecule has 16 unspecified atom stereocenters. The molecule has 5 aliphatic carbocycles. The molecule has 6 rings (SSSR count). The number of aliphatic hydroxyl groups is 5. The van der Waals surface area contributed by atoms with Crippen molar-refractivity contribution in [1.82, 2.24) is 0 Å². The van der Waals surface area contributed by atoms with E-state index in [9.17, 15) is 39.9 Å². The molecule has 5 N–H and O–H groups in total. The molecular formula is C59H94O14. The maximum Gasteiger partial charge on any atom is 0.336 e. The number of hydrogen-bond acceptors (Lipinski definition) is 14. The second kappa shape index (κ2) is 22.0. The molecule has 0 radical (unpaired) electrons. The van der Waals surface area contributed by atoms with E-state index < -0.39 is 94.9 Å². The topological polar surface area (TPSA) is 208 Å². The molecule has 0 aromatic carbocycles. The van der Waals surface area contributed by atoms with E-state index in [1.54, 1.807) is 39.8 Å². The van der Waals surface area contributed by atoms with Crippen LogP contribution in [0.25, 0.3) is 0 Å². The van der Waals surface area contributed by atoms with Gasteiger partial charge < -0.3 is 54.0 Å². The predicted octanol–water partition coefficient (Wildman–Crippen LogP) is 8.81. The minimum absolute atomic E-state index is 0. The largest absolute Gasteiger partial charge is 0.468 e. The van der Waals surface area contributed by atoms with Crippen molar-refractivity contribution in [3.05, 3.63) is 60.3 Å². The average molecular weight is 1030 g/mol. The summed E-state index contributed by atoms with van der Waals surface area (Å²) in [5.41, 5.74) is -3.21. The van der Waals surface area contributed by atoms with Crippen molar-refractivity contribution in [3.8, 4) is 0 Å².